The van der Waals surface area contributed by atoms with Crippen molar-refractivity contribution in [3.63, 3.8) is 0 Å². The lowest BCUT2D eigenvalue weighted by Crippen LogP contribution is -2.18. The van der Waals surface area contributed by atoms with E-state index in [9.17, 15) is 4.79 Å². The molecule has 1 saturated carbocycles. The highest BCUT2D eigenvalue weighted by Crippen LogP contribution is 2.40. The Kier molecular flexibility index (Phi) is 2.21. The quantitative estimate of drug-likeness (QED) is 0.630. The summed E-state index contributed by atoms with van der Waals surface area (Å²) in [5.41, 5.74) is 0. The number of hydrogen-bond acceptors (Lipinski definition) is 1. The number of carbonyl (C=O) groups is 1. The molecule has 0 spiro atoms. The molecule has 1 rings (SSSR count). The molecule has 0 bridgehead atoms. The van der Waals surface area contributed by atoms with E-state index in [1.165, 1.54) is 0 Å². The minimum Gasteiger partial charge on any atom is -0.481 e. The van der Waals surface area contributed by atoms with Gasteiger partial charge in [-0.3, -0.25) is 4.79 Å². The lowest BCUT2D eigenvalue weighted by molar-refractivity contribution is -0.142. The van der Waals surface area contributed by atoms with E-state index in [-0.39, 0.29) is 5.92 Å². The van der Waals surface area contributed by atoms with Gasteiger partial charge in [0.1, 0.15) is 0 Å². The molecule has 0 aromatic rings. The molecular weight excluding hydrogens is 140 g/mol. The largest absolute Gasteiger partial charge is 0.481 e. The van der Waals surface area contributed by atoms with E-state index in [0.29, 0.717) is 17.8 Å². The second kappa shape index (κ2) is 2.84. The Morgan fingerprint density at radius 2 is 1.82 bits per heavy atom. The third-order valence-corrected chi connectivity index (χ3v) is 3.30. The smallest absolute Gasteiger partial charge is 0.306 e. The molecule has 2 nitrogen and oxygen atoms in total. The Morgan fingerprint density at radius 3 is 2.00 bits per heavy atom. The third-order valence-electron chi connectivity index (χ3n) is 3.30. The molecule has 2 heteroatoms. The van der Waals surface area contributed by atoms with Crippen molar-refractivity contribution < 1.29 is 9.90 Å². The standard InChI is InChI=1S/C9H16O2/c1-5-4-8(9(10)11)7(3)6(5)2/h5-8H,4H2,1-3H3,(H,10,11)/t5-,6+,7-,8+/m0/s1. The van der Waals surface area contributed by atoms with Gasteiger partial charge in [0.25, 0.3) is 0 Å². The molecule has 1 fully saturated rings. The Morgan fingerprint density at radius 1 is 1.27 bits per heavy atom. The van der Waals surface area contributed by atoms with Crippen LogP contribution in [0.5, 0.6) is 0 Å². The molecule has 0 amide bonds. The normalized spacial score (nSPS) is 44.3. The number of carboxylic acids is 1. The fourth-order valence-corrected chi connectivity index (χ4v) is 2.04. The molecule has 0 aromatic heterocycles. The molecule has 1 N–H and O–H groups in total. The molecule has 4 atom stereocenters. The second-order valence-corrected chi connectivity index (χ2v) is 3.88. The van der Waals surface area contributed by atoms with Crippen molar-refractivity contribution in [3.05, 3.63) is 0 Å². The average molecular weight is 156 g/mol. The average Bonchev–Trinajstić information content (AvgIpc) is 2.17. The van der Waals surface area contributed by atoms with Crippen LogP contribution in [-0.2, 0) is 4.79 Å². The van der Waals surface area contributed by atoms with Crippen LogP contribution in [0.15, 0.2) is 0 Å². The molecule has 0 aliphatic heterocycles. The van der Waals surface area contributed by atoms with E-state index < -0.39 is 5.97 Å². The molecule has 64 valence electrons. The van der Waals surface area contributed by atoms with Gasteiger partial charge in [0.15, 0.2) is 0 Å². The molecule has 0 saturated heterocycles. The van der Waals surface area contributed by atoms with Gasteiger partial charge >= 0.3 is 5.97 Å². The van der Waals surface area contributed by atoms with Crippen molar-refractivity contribution in [2.24, 2.45) is 23.7 Å². The third kappa shape index (κ3) is 1.39. The summed E-state index contributed by atoms with van der Waals surface area (Å²) in [6.07, 6.45) is 0.859. The van der Waals surface area contributed by atoms with E-state index >= 15 is 0 Å². The van der Waals surface area contributed by atoms with Crippen LogP contribution < -0.4 is 0 Å². The van der Waals surface area contributed by atoms with E-state index in [1.807, 2.05) is 6.92 Å². The van der Waals surface area contributed by atoms with Gasteiger partial charge in [0, 0.05) is 0 Å². The van der Waals surface area contributed by atoms with Crippen LogP contribution in [-0.4, -0.2) is 11.1 Å². The fourth-order valence-electron chi connectivity index (χ4n) is 2.04. The summed E-state index contributed by atoms with van der Waals surface area (Å²) in [7, 11) is 0. The topological polar surface area (TPSA) is 37.3 Å². The van der Waals surface area contributed by atoms with Crippen molar-refractivity contribution in [1.29, 1.82) is 0 Å². The zero-order chi connectivity index (χ0) is 8.59. The van der Waals surface area contributed by atoms with Crippen molar-refractivity contribution in [2.45, 2.75) is 27.2 Å². The molecule has 1 aliphatic carbocycles. The Balaban J connectivity index is 2.67. The number of aliphatic carboxylic acids is 1. The molecule has 0 radical (unpaired) electrons. The first kappa shape index (κ1) is 8.57. The lowest BCUT2D eigenvalue weighted by atomic mass is 9.91. The van der Waals surface area contributed by atoms with Crippen LogP contribution in [0.25, 0.3) is 0 Å². The van der Waals surface area contributed by atoms with Crippen molar-refractivity contribution in [2.75, 3.05) is 0 Å². The van der Waals surface area contributed by atoms with E-state index in [4.69, 9.17) is 5.11 Å². The maximum atomic E-state index is 10.7. The maximum Gasteiger partial charge on any atom is 0.306 e. The van der Waals surface area contributed by atoms with Gasteiger partial charge in [-0.05, 0) is 24.2 Å². The molecule has 1 aliphatic rings. The SMILES string of the molecule is C[C@H]1[C@H](C)[C@H](C(=O)O)C[C@@H]1C. The minimum absolute atomic E-state index is 0.0972. The van der Waals surface area contributed by atoms with Crippen LogP contribution in [0.2, 0.25) is 0 Å². The van der Waals surface area contributed by atoms with Crippen LogP contribution in [0.4, 0.5) is 0 Å². The summed E-state index contributed by atoms with van der Waals surface area (Å²) in [4.78, 5) is 10.7. The number of rotatable bonds is 1. The Hall–Kier alpha value is -0.530. The predicted octanol–water partition coefficient (Wildman–Crippen LogP) is 2.00. The Bertz CT molecular complexity index is 165. The van der Waals surface area contributed by atoms with E-state index in [2.05, 4.69) is 13.8 Å². The van der Waals surface area contributed by atoms with Crippen LogP contribution in [0, 0.1) is 23.7 Å². The minimum atomic E-state index is -0.617. The second-order valence-electron chi connectivity index (χ2n) is 3.88. The monoisotopic (exact) mass is 156 g/mol. The molecular formula is C9H16O2. The van der Waals surface area contributed by atoms with Crippen LogP contribution in [0.3, 0.4) is 0 Å². The van der Waals surface area contributed by atoms with Gasteiger partial charge in [0.05, 0.1) is 5.92 Å². The lowest BCUT2D eigenvalue weighted by Gasteiger charge is -2.14. The van der Waals surface area contributed by atoms with Gasteiger partial charge < -0.3 is 5.11 Å². The maximum absolute atomic E-state index is 10.7. The molecule has 0 heterocycles. The zero-order valence-corrected chi connectivity index (χ0v) is 7.37. The summed E-state index contributed by atoms with van der Waals surface area (Å²) in [6, 6.07) is 0. The summed E-state index contributed by atoms with van der Waals surface area (Å²) in [5, 5.41) is 8.82. The molecule has 0 aromatic carbocycles. The van der Waals surface area contributed by atoms with E-state index in [1.54, 1.807) is 0 Å². The summed E-state index contributed by atoms with van der Waals surface area (Å²) < 4.78 is 0. The highest BCUT2D eigenvalue weighted by atomic mass is 16.4. The van der Waals surface area contributed by atoms with E-state index in [0.717, 1.165) is 6.42 Å². The van der Waals surface area contributed by atoms with Gasteiger partial charge in [-0.25, -0.2) is 0 Å². The van der Waals surface area contributed by atoms with Crippen molar-refractivity contribution in [1.82, 2.24) is 0 Å². The van der Waals surface area contributed by atoms with Crippen LogP contribution >= 0.6 is 0 Å². The zero-order valence-electron chi connectivity index (χ0n) is 7.37. The van der Waals surface area contributed by atoms with Gasteiger partial charge in [0.2, 0.25) is 0 Å². The van der Waals surface area contributed by atoms with Crippen LogP contribution in [0.1, 0.15) is 27.2 Å². The first-order chi connectivity index (χ1) is 5.04. The predicted molar refractivity (Wildman–Crippen MR) is 43.2 cm³/mol. The highest BCUT2D eigenvalue weighted by Gasteiger charge is 2.39. The van der Waals surface area contributed by atoms with Gasteiger partial charge in [-0.2, -0.15) is 0 Å². The summed E-state index contributed by atoms with van der Waals surface area (Å²) >= 11 is 0. The Labute approximate surface area is 67.6 Å². The number of hydrogen-bond donors (Lipinski definition) is 1. The first-order valence-electron chi connectivity index (χ1n) is 4.26. The number of carboxylic acid groups (broad SMARTS) is 1. The van der Waals surface area contributed by atoms with Crippen molar-refractivity contribution in [3.8, 4) is 0 Å². The highest BCUT2D eigenvalue weighted by molar-refractivity contribution is 5.70. The van der Waals surface area contributed by atoms with Gasteiger partial charge in [-0.1, -0.05) is 20.8 Å². The molecule has 11 heavy (non-hydrogen) atoms. The summed E-state index contributed by atoms with van der Waals surface area (Å²) in [6.45, 7) is 6.34. The fraction of sp³-hybridized carbons (Fsp3) is 0.889. The van der Waals surface area contributed by atoms with Gasteiger partial charge in [-0.15, -0.1) is 0 Å². The summed E-state index contributed by atoms with van der Waals surface area (Å²) in [5.74, 6) is 0.776. The van der Waals surface area contributed by atoms with Crippen molar-refractivity contribution >= 4 is 5.97 Å². The first-order valence-corrected chi connectivity index (χ1v) is 4.26. The molecule has 0 unspecified atom stereocenters.